The van der Waals surface area contributed by atoms with E-state index in [-0.39, 0.29) is 17.3 Å². The highest BCUT2D eigenvalue weighted by Crippen LogP contribution is 2.48. The SMILES string of the molecule is COc1ccc2c(c1)C1(CCN(Cc3cccc(C)c3)CC1)CN2C(=O)Nc1ccc(F)cc1. The average Bonchev–Trinajstić information content (AvgIpc) is 3.15. The summed E-state index contributed by atoms with van der Waals surface area (Å²) in [5.41, 5.74) is 5.20. The number of benzene rings is 3. The molecule has 2 amide bonds. The number of aryl methyl sites for hydroxylation is 1. The smallest absolute Gasteiger partial charge is 0.326 e. The van der Waals surface area contributed by atoms with Crippen LogP contribution in [0.1, 0.15) is 29.5 Å². The van der Waals surface area contributed by atoms with E-state index in [9.17, 15) is 9.18 Å². The van der Waals surface area contributed by atoms with Crippen molar-refractivity contribution in [2.24, 2.45) is 0 Å². The molecule has 1 spiro atoms. The number of nitrogens with one attached hydrogen (secondary N) is 1. The third kappa shape index (κ3) is 4.38. The standard InChI is InChI=1S/C28H30FN3O2/c1-20-4-3-5-21(16-20)18-31-14-12-28(13-15-31)19-32(26-11-10-24(34-2)17-25(26)28)27(33)30-23-8-6-22(29)7-9-23/h3-11,16-17H,12-15,18-19H2,1-2H3,(H,30,33). The zero-order chi connectivity index (χ0) is 23.7. The number of halogens is 1. The van der Waals surface area contributed by atoms with Gasteiger partial charge in [-0.1, -0.05) is 29.8 Å². The van der Waals surface area contributed by atoms with E-state index in [1.165, 1.54) is 28.8 Å². The first-order valence-electron chi connectivity index (χ1n) is 11.8. The van der Waals surface area contributed by atoms with Crippen LogP contribution in [0.2, 0.25) is 0 Å². The van der Waals surface area contributed by atoms with Gasteiger partial charge in [-0.25, -0.2) is 9.18 Å². The summed E-state index contributed by atoms with van der Waals surface area (Å²) in [6.45, 7) is 5.64. The minimum absolute atomic E-state index is 0.104. The number of methoxy groups -OCH3 is 1. The molecule has 1 fully saturated rings. The molecule has 1 saturated heterocycles. The minimum atomic E-state index is -0.326. The number of nitrogens with zero attached hydrogens (tertiary/aromatic N) is 2. The highest BCUT2D eigenvalue weighted by atomic mass is 19.1. The molecular weight excluding hydrogens is 429 g/mol. The van der Waals surface area contributed by atoms with E-state index < -0.39 is 0 Å². The molecule has 3 aromatic carbocycles. The number of hydrogen-bond donors (Lipinski definition) is 1. The Morgan fingerprint density at radius 2 is 1.82 bits per heavy atom. The molecule has 0 radical (unpaired) electrons. The van der Waals surface area contributed by atoms with Gasteiger partial charge in [0.2, 0.25) is 0 Å². The first-order chi connectivity index (χ1) is 16.5. The molecule has 176 valence electrons. The van der Waals surface area contributed by atoms with Crippen molar-refractivity contribution in [3.8, 4) is 5.75 Å². The van der Waals surface area contributed by atoms with E-state index in [1.54, 1.807) is 19.2 Å². The Morgan fingerprint density at radius 1 is 1.06 bits per heavy atom. The fourth-order valence-corrected chi connectivity index (χ4v) is 5.32. The van der Waals surface area contributed by atoms with Crippen molar-refractivity contribution in [3.63, 3.8) is 0 Å². The number of amides is 2. The zero-order valence-corrected chi connectivity index (χ0v) is 19.7. The molecule has 0 saturated carbocycles. The lowest BCUT2D eigenvalue weighted by Gasteiger charge is -2.40. The maximum absolute atomic E-state index is 13.3. The molecule has 0 unspecified atom stereocenters. The Hall–Kier alpha value is -3.38. The summed E-state index contributed by atoms with van der Waals surface area (Å²) in [7, 11) is 1.67. The fraction of sp³-hybridized carbons (Fsp3) is 0.321. The lowest BCUT2D eigenvalue weighted by Crippen LogP contribution is -2.46. The van der Waals surface area contributed by atoms with Gasteiger partial charge >= 0.3 is 6.03 Å². The van der Waals surface area contributed by atoms with E-state index in [4.69, 9.17) is 4.74 Å². The Labute approximate surface area is 200 Å². The normalized spacial score (nSPS) is 17.0. The van der Waals surface area contributed by atoms with Crippen LogP contribution in [0.5, 0.6) is 5.75 Å². The number of likely N-dealkylation sites (tertiary alicyclic amines) is 1. The van der Waals surface area contributed by atoms with Crippen LogP contribution in [0.3, 0.4) is 0 Å². The van der Waals surface area contributed by atoms with Gasteiger partial charge in [-0.2, -0.15) is 0 Å². The van der Waals surface area contributed by atoms with Gasteiger partial charge in [0.05, 0.1) is 7.11 Å². The number of ether oxygens (including phenoxy) is 1. The van der Waals surface area contributed by atoms with Crippen LogP contribution in [-0.4, -0.2) is 37.7 Å². The molecule has 0 atom stereocenters. The van der Waals surface area contributed by atoms with Crippen LogP contribution < -0.4 is 15.0 Å². The van der Waals surface area contributed by atoms with Gasteiger partial charge < -0.3 is 10.1 Å². The topological polar surface area (TPSA) is 44.8 Å². The maximum atomic E-state index is 13.3. The number of piperidine rings is 1. The summed E-state index contributed by atoms with van der Waals surface area (Å²) in [5.74, 6) is 0.481. The quantitative estimate of drug-likeness (QED) is 0.542. The second-order valence-corrected chi connectivity index (χ2v) is 9.45. The number of hydrogen-bond acceptors (Lipinski definition) is 3. The molecule has 5 nitrogen and oxygen atoms in total. The van der Waals surface area contributed by atoms with Crippen LogP contribution in [0.15, 0.2) is 66.7 Å². The second kappa shape index (κ2) is 9.11. The molecule has 0 aliphatic carbocycles. The van der Waals surface area contributed by atoms with Crippen molar-refractivity contribution in [1.29, 1.82) is 0 Å². The second-order valence-electron chi connectivity index (χ2n) is 9.45. The Morgan fingerprint density at radius 3 is 2.53 bits per heavy atom. The lowest BCUT2D eigenvalue weighted by molar-refractivity contribution is 0.160. The molecule has 0 aromatic heterocycles. The molecule has 0 bridgehead atoms. The Kier molecular flexibility index (Phi) is 6.00. The van der Waals surface area contributed by atoms with Crippen molar-refractivity contribution in [3.05, 3.63) is 89.2 Å². The molecule has 2 aliphatic heterocycles. The zero-order valence-electron chi connectivity index (χ0n) is 19.7. The summed E-state index contributed by atoms with van der Waals surface area (Å²) >= 11 is 0. The van der Waals surface area contributed by atoms with Crippen LogP contribution in [0, 0.1) is 12.7 Å². The monoisotopic (exact) mass is 459 g/mol. The molecule has 2 heterocycles. The highest BCUT2D eigenvalue weighted by molar-refractivity contribution is 6.03. The van der Waals surface area contributed by atoms with Crippen molar-refractivity contribution >= 4 is 17.4 Å². The lowest BCUT2D eigenvalue weighted by atomic mass is 9.74. The van der Waals surface area contributed by atoms with Gasteiger partial charge in [0, 0.05) is 29.9 Å². The van der Waals surface area contributed by atoms with Crippen molar-refractivity contribution in [2.45, 2.75) is 31.7 Å². The average molecular weight is 460 g/mol. The highest BCUT2D eigenvalue weighted by Gasteiger charge is 2.46. The van der Waals surface area contributed by atoms with Crippen LogP contribution >= 0.6 is 0 Å². The predicted molar refractivity (Wildman–Crippen MR) is 133 cm³/mol. The molecule has 5 rings (SSSR count). The van der Waals surface area contributed by atoms with E-state index in [1.807, 2.05) is 17.0 Å². The number of carbonyl (C=O) groups excluding carboxylic acids is 1. The minimum Gasteiger partial charge on any atom is -0.497 e. The van der Waals surface area contributed by atoms with Gasteiger partial charge in [-0.05, 0) is 86.4 Å². The first kappa shape index (κ1) is 22.4. The van der Waals surface area contributed by atoms with Crippen LogP contribution in [0.25, 0.3) is 0 Å². The van der Waals surface area contributed by atoms with Gasteiger partial charge in [0.15, 0.2) is 0 Å². The number of carbonyl (C=O) groups is 1. The van der Waals surface area contributed by atoms with Crippen molar-refractivity contribution in [2.75, 3.05) is 37.0 Å². The van der Waals surface area contributed by atoms with Crippen molar-refractivity contribution in [1.82, 2.24) is 4.90 Å². The van der Waals surface area contributed by atoms with E-state index in [0.717, 1.165) is 43.9 Å². The van der Waals surface area contributed by atoms with Crippen molar-refractivity contribution < 1.29 is 13.9 Å². The summed E-state index contributed by atoms with van der Waals surface area (Å²) < 4.78 is 18.8. The molecular formula is C28H30FN3O2. The third-order valence-corrected chi connectivity index (χ3v) is 7.17. The van der Waals surface area contributed by atoms with Gasteiger partial charge in [-0.15, -0.1) is 0 Å². The number of fused-ring (bicyclic) bond motifs is 2. The van der Waals surface area contributed by atoms with E-state index in [2.05, 4.69) is 47.5 Å². The van der Waals surface area contributed by atoms with Crippen LogP contribution in [0.4, 0.5) is 20.6 Å². The molecule has 34 heavy (non-hydrogen) atoms. The number of rotatable bonds is 4. The summed E-state index contributed by atoms with van der Waals surface area (Å²) in [4.78, 5) is 17.6. The molecule has 6 heteroatoms. The van der Waals surface area contributed by atoms with Gasteiger partial charge in [0.1, 0.15) is 11.6 Å². The number of urea groups is 1. The molecule has 1 N–H and O–H groups in total. The largest absolute Gasteiger partial charge is 0.497 e. The number of anilines is 2. The summed E-state index contributed by atoms with van der Waals surface area (Å²) in [5, 5.41) is 2.93. The third-order valence-electron chi connectivity index (χ3n) is 7.17. The van der Waals surface area contributed by atoms with Gasteiger partial charge in [0.25, 0.3) is 0 Å². The summed E-state index contributed by atoms with van der Waals surface area (Å²) in [6, 6.07) is 20.3. The Balaban J connectivity index is 1.36. The fourth-order valence-electron chi connectivity index (χ4n) is 5.32. The van der Waals surface area contributed by atoms with Gasteiger partial charge in [-0.3, -0.25) is 9.80 Å². The van der Waals surface area contributed by atoms with E-state index >= 15 is 0 Å². The van der Waals surface area contributed by atoms with Crippen LogP contribution in [-0.2, 0) is 12.0 Å². The molecule has 3 aromatic rings. The molecule has 2 aliphatic rings. The predicted octanol–water partition coefficient (Wildman–Crippen LogP) is 5.73. The Bertz CT molecular complexity index is 1190. The maximum Gasteiger partial charge on any atom is 0.326 e. The van der Waals surface area contributed by atoms with E-state index in [0.29, 0.717) is 12.2 Å². The summed E-state index contributed by atoms with van der Waals surface area (Å²) in [6.07, 6.45) is 1.94. The first-order valence-corrected chi connectivity index (χ1v) is 11.8.